The SMILES string of the molecule is CCCCOCCNC(=NC)NCc1ncc(CC)s1. The molecule has 1 aromatic rings. The van der Waals surface area contributed by atoms with Gasteiger partial charge in [-0.2, -0.15) is 0 Å². The smallest absolute Gasteiger partial charge is 0.191 e. The fourth-order valence-electron chi connectivity index (χ4n) is 1.56. The lowest BCUT2D eigenvalue weighted by molar-refractivity contribution is 0.136. The molecule has 0 aliphatic carbocycles. The predicted octanol–water partition coefficient (Wildman–Crippen LogP) is 2.19. The zero-order valence-electron chi connectivity index (χ0n) is 12.7. The van der Waals surface area contributed by atoms with Crippen LogP contribution in [0.4, 0.5) is 0 Å². The van der Waals surface area contributed by atoms with Crippen molar-refractivity contribution in [1.82, 2.24) is 15.6 Å². The van der Waals surface area contributed by atoms with Crippen LogP contribution < -0.4 is 10.6 Å². The number of ether oxygens (including phenoxy) is 1. The van der Waals surface area contributed by atoms with Gasteiger partial charge in [0.1, 0.15) is 5.01 Å². The lowest BCUT2D eigenvalue weighted by Crippen LogP contribution is -2.38. The summed E-state index contributed by atoms with van der Waals surface area (Å²) >= 11 is 1.74. The third-order valence-corrected chi connectivity index (χ3v) is 3.90. The summed E-state index contributed by atoms with van der Waals surface area (Å²) in [4.78, 5) is 9.87. The van der Waals surface area contributed by atoms with Crippen molar-refractivity contribution in [3.8, 4) is 0 Å². The quantitative estimate of drug-likeness (QED) is 0.417. The van der Waals surface area contributed by atoms with Crippen LogP contribution in [0.3, 0.4) is 0 Å². The molecule has 1 aromatic heterocycles. The van der Waals surface area contributed by atoms with Crippen LogP contribution in [-0.4, -0.2) is 37.7 Å². The zero-order valence-corrected chi connectivity index (χ0v) is 13.6. The molecule has 0 radical (unpaired) electrons. The summed E-state index contributed by atoms with van der Waals surface area (Å²) in [5.41, 5.74) is 0. The number of nitrogens with zero attached hydrogens (tertiary/aromatic N) is 2. The van der Waals surface area contributed by atoms with Crippen molar-refractivity contribution in [3.63, 3.8) is 0 Å². The van der Waals surface area contributed by atoms with Gasteiger partial charge in [-0.15, -0.1) is 11.3 Å². The van der Waals surface area contributed by atoms with E-state index in [4.69, 9.17) is 4.74 Å². The van der Waals surface area contributed by atoms with Crippen molar-refractivity contribution >= 4 is 17.3 Å². The van der Waals surface area contributed by atoms with Crippen LogP contribution in [0.1, 0.15) is 36.6 Å². The molecule has 0 aliphatic rings. The normalized spacial score (nSPS) is 11.7. The van der Waals surface area contributed by atoms with Gasteiger partial charge in [-0.3, -0.25) is 4.99 Å². The third-order valence-electron chi connectivity index (χ3n) is 2.76. The standard InChI is InChI=1S/C14H26N4OS/c1-4-6-8-19-9-7-16-14(15-3)18-11-13-17-10-12(5-2)20-13/h10H,4-9,11H2,1-3H3,(H2,15,16,18). The van der Waals surface area contributed by atoms with E-state index in [0.717, 1.165) is 37.0 Å². The largest absolute Gasteiger partial charge is 0.380 e. The van der Waals surface area contributed by atoms with Gasteiger partial charge in [0.25, 0.3) is 0 Å². The van der Waals surface area contributed by atoms with Crippen molar-refractivity contribution in [2.45, 2.75) is 39.7 Å². The summed E-state index contributed by atoms with van der Waals surface area (Å²) in [6, 6.07) is 0. The molecule has 0 saturated heterocycles. The average Bonchev–Trinajstić information content (AvgIpc) is 2.94. The van der Waals surface area contributed by atoms with E-state index in [2.05, 4.69) is 34.5 Å². The molecular formula is C14H26N4OS. The summed E-state index contributed by atoms with van der Waals surface area (Å²) in [5.74, 6) is 0.789. The lowest BCUT2D eigenvalue weighted by atomic mass is 10.4. The maximum absolute atomic E-state index is 5.49. The first kappa shape index (κ1) is 16.9. The van der Waals surface area contributed by atoms with Crippen LogP contribution in [0, 0.1) is 0 Å². The Morgan fingerprint density at radius 2 is 2.20 bits per heavy atom. The molecule has 0 amide bonds. The first-order chi connectivity index (χ1) is 9.80. The molecule has 0 saturated carbocycles. The van der Waals surface area contributed by atoms with Crippen LogP contribution in [0.5, 0.6) is 0 Å². The number of guanidine groups is 1. The van der Waals surface area contributed by atoms with Crippen LogP contribution in [0.2, 0.25) is 0 Å². The average molecular weight is 298 g/mol. The number of rotatable bonds is 9. The highest BCUT2D eigenvalue weighted by atomic mass is 32.1. The maximum atomic E-state index is 5.49. The summed E-state index contributed by atoms with van der Waals surface area (Å²) in [5, 5.41) is 7.57. The first-order valence-corrected chi connectivity index (χ1v) is 8.07. The van der Waals surface area contributed by atoms with Gasteiger partial charge in [-0.1, -0.05) is 20.3 Å². The Morgan fingerprint density at radius 1 is 1.35 bits per heavy atom. The number of hydrogen-bond acceptors (Lipinski definition) is 4. The fraction of sp³-hybridized carbons (Fsp3) is 0.714. The van der Waals surface area contributed by atoms with Crippen molar-refractivity contribution in [2.24, 2.45) is 4.99 Å². The van der Waals surface area contributed by atoms with Crippen LogP contribution in [0.15, 0.2) is 11.2 Å². The van der Waals surface area contributed by atoms with E-state index >= 15 is 0 Å². The second-order valence-corrected chi connectivity index (χ2v) is 5.59. The molecule has 1 rings (SSSR count). The van der Waals surface area contributed by atoms with Gasteiger partial charge in [0, 0.05) is 31.3 Å². The topological polar surface area (TPSA) is 58.5 Å². The molecule has 0 atom stereocenters. The van der Waals surface area contributed by atoms with E-state index in [-0.39, 0.29) is 0 Å². The summed E-state index contributed by atoms with van der Waals surface area (Å²) < 4.78 is 5.49. The monoisotopic (exact) mass is 298 g/mol. The first-order valence-electron chi connectivity index (χ1n) is 7.26. The van der Waals surface area contributed by atoms with Crippen LogP contribution >= 0.6 is 11.3 Å². The molecule has 0 aliphatic heterocycles. The Bertz CT molecular complexity index is 392. The van der Waals surface area contributed by atoms with Gasteiger partial charge in [0.05, 0.1) is 13.2 Å². The Kier molecular flexibility index (Phi) is 8.98. The number of aryl methyl sites for hydroxylation is 1. The minimum Gasteiger partial charge on any atom is -0.380 e. The fourth-order valence-corrected chi connectivity index (χ4v) is 2.37. The van der Waals surface area contributed by atoms with Crippen LogP contribution in [0.25, 0.3) is 0 Å². The molecule has 2 N–H and O–H groups in total. The van der Waals surface area contributed by atoms with Crippen molar-refractivity contribution in [1.29, 1.82) is 0 Å². The molecule has 0 aromatic carbocycles. The van der Waals surface area contributed by atoms with Crippen molar-refractivity contribution in [2.75, 3.05) is 26.8 Å². The molecule has 0 unspecified atom stereocenters. The van der Waals surface area contributed by atoms with Gasteiger partial charge in [-0.25, -0.2) is 4.98 Å². The van der Waals surface area contributed by atoms with Crippen molar-refractivity contribution < 1.29 is 4.74 Å². The molecule has 5 nitrogen and oxygen atoms in total. The Labute approximate surface area is 125 Å². The van der Waals surface area contributed by atoms with Gasteiger partial charge in [0.2, 0.25) is 0 Å². The number of thiazole rings is 1. The van der Waals surface area contributed by atoms with Gasteiger partial charge >= 0.3 is 0 Å². The van der Waals surface area contributed by atoms with Gasteiger partial charge in [0.15, 0.2) is 5.96 Å². The van der Waals surface area contributed by atoms with E-state index in [1.807, 2.05) is 6.20 Å². The number of hydrogen-bond donors (Lipinski definition) is 2. The Balaban J connectivity index is 2.16. The number of aliphatic imine (C=N–C) groups is 1. The highest BCUT2D eigenvalue weighted by Gasteiger charge is 2.02. The molecule has 20 heavy (non-hydrogen) atoms. The lowest BCUT2D eigenvalue weighted by Gasteiger charge is -2.11. The van der Waals surface area contributed by atoms with E-state index in [9.17, 15) is 0 Å². The molecule has 0 bridgehead atoms. The molecule has 0 fully saturated rings. The summed E-state index contributed by atoms with van der Waals surface area (Å²) in [6.45, 7) is 7.32. The van der Waals surface area contributed by atoms with Gasteiger partial charge < -0.3 is 15.4 Å². The number of unbranched alkanes of at least 4 members (excludes halogenated alkanes) is 1. The van der Waals surface area contributed by atoms with E-state index in [1.165, 1.54) is 11.3 Å². The van der Waals surface area contributed by atoms with Crippen molar-refractivity contribution in [3.05, 3.63) is 16.1 Å². The third kappa shape index (κ3) is 6.86. The van der Waals surface area contributed by atoms with Crippen LogP contribution in [-0.2, 0) is 17.7 Å². The minimum absolute atomic E-state index is 0.706. The maximum Gasteiger partial charge on any atom is 0.191 e. The molecule has 1 heterocycles. The summed E-state index contributed by atoms with van der Waals surface area (Å²) in [6.07, 6.45) is 5.28. The number of nitrogens with one attached hydrogen (secondary N) is 2. The Morgan fingerprint density at radius 3 is 2.85 bits per heavy atom. The van der Waals surface area contributed by atoms with E-state index < -0.39 is 0 Å². The molecule has 0 spiro atoms. The highest BCUT2D eigenvalue weighted by molar-refractivity contribution is 7.11. The second-order valence-electron chi connectivity index (χ2n) is 4.39. The van der Waals surface area contributed by atoms with Gasteiger partial charge in [-0.05, 0) is 12.8 Å². The number of aromatic nitrogens is 1. The minimum atomic E-state index is 0.706. The highest BCUT2D eigenvalue weighted by Crippen LogP contribution is 2.12. The molecular weight excluding hydrogens is 272 g/mol. The van der Waals surface area contributed by atoms with E-state index in [0.29, 0.717) is 13.2 Å². The predicted molar refractivity (Wildman–Crippen MR) is 85.4 cm³/mol. The summed E-state index contributed by atoms with van der Waals surface area (Å²) in [7, 11) is 1.77. The Hall–Kier alpha value is -1.14. The van der Waals surface area contributed by atoms with E-state index in [1.54, 1.807) is 18.4 Å². The molecule has 114 valence electrons. The zero-order chi connectivity index (χ0) is 14.6. The molecule has 6 heteroatoms. The second kappa shape index (κ2) is 10.6.